The van der Waals surface area contributed by atoms with Crippen molar-refractivity contribution in [2.75, 3.05) is 12.1 Å². The Morgan fingerprint density at radius 1 is 1.15 bits per heavy atom. The number of amides is 1. The number of hydrogen-bond donors (Lipinski definition) is 1. The minimum absolute atomic E-state index is 0.179. The zero-order valence-corrected chi connectivity index (χ0v) is 14.5. The molecular formula is C19H18N4O3. The molecule has 2 heterocycles. The lowest BCUT2D eigenvalue weighted by Gasteiger charge is -2.11. The first-order valence-corrected chi connectivity index (χ1v) is 8.34. The average Bonchev–Trinajstić information content (AvgIpc) is 3.30. The maximum Gasteiger partial charge on any atom is 0.255 e. The molecule has 0 unspecified atom stereocenters. The van der Waals surface area contributed by atoms with Crippen molar-refractivity contribution in [1.82, 2.24) is 15.0 Å². The quantitative estimate of drug-likeness (QED) is 0.780. The normalized spacial score (nSPS) is 12.4. The fourth-order valence-corrected chi connectivity index (χ4v) is 2.79. The summed E-state index contributed by atoms with van der Waals surface area (Å²) >= 11 is 0. The van der Waals surface area contributed by atoms with Gasteiger partial charge < -0.3 is 14.8 Å². The second-order valence-electron chi connectivity index (χ2n) is 6.30. The summed E-state index contributed by atoms with van der Waals surface area (Å²) in [6, 6.07) is 12.6. The van der Waals surface area contributed by atoms with Crippen molar-refractivity contribution in [3.05, 3.63) is 59.9 Å². The summed E-state index contributed by atoms with van der Waals surface area (Å²) in [6.07, 6.45) is 1.75. The van der Waals surface area contributed by atoms with Gasteiger partial charge in [0.1, 0.15) is 0 Å². The van der Waals surface area contributed by atoms with Crippen LogP contribution in [0, 0.1) is 0 Å². The number of aromatic nitrogens is 3. The van der Waals surface area contributed by atoms with Crippen molar-refractivity contribution < 1.29 is 14.3 Å². The Hall–Kier alpha value is -3.35. The number of carbonyl (C=O) groups excluding carboxylic acids is 1. The van der Waals surface area contributed by atoms with Crippen LogP contribution in [0.5, 0.6) is 11.5 Å². The minimum atomic E-state index is -0.219. The maximum absolute atomic E-state index is 12.5. The lowest BCUT2D eigenvalue weighted by atomic mass is 10.1. The van der Waals surface area contributed by atoms with Gasteiger partial charge in [0.25, 0.3) is 5.91 Å². The monoisotopic (exact) mass is 350 g/mol. The van der Waals surface area contributed by atoms with Crippen molar-refractivity contribution >= 4 is 11.6 Å². The average molecular weight is 350 g/mol. The maximum atomic E-state index is 12.5. The Bertz CT molecular complexity index is 965. The van der Waals surface area contributed by atoms with Crippen molar-refractivity contribution in [1.29, 1.82) is 0 Å². The summed E-state index contributed by atoms with van der Waals surface area (Å²) in [5, 5.41) is 11.0. The number of anilines is 1. The molecular weight excluding hydrogens is 332 g/mol. The summed E-state index contributed by atoms with van der Waals surface area (Å²) in [5.41, 5.74) is 3.03. The van der Waals surface area contributed by atoms with E-state index >= 15 is 0 Å². The van der Waals surface area contributed by atoms with Crippen LogP contribution in [-0.4, -0.2) is 27.7 Å². The highest BCUT2D eigenvalue weighted by molar-refractivity contribution is 6.04. The van der Waals surface area contributed by atoms with Crippen molar-refractivity contribution in [2.45, 2.75) is 19.8 Å². The van der Waals surface area contributed by atoms with Crippen LogP contribution in [0.3, 0.4) is 0 Å². The van der Waals surface area contributed by atoms with E-state index in [0.29, 0.717) is 22.7 Å². The molecule has 26 heavy (non-hydrogen) atoms. The SMILES string of the molecule is CC(C)c1cnnn1-c1cccc(NC(=O)c2ccc3c(c2)OCO3)c1. The number of benzene rings is 2. The lowest BCUT2D eigenvalue weighted by Crippen LogP contribution is -2.12. The van der Waals surface area contributed by atoms with Gasteiger partial charge in [-0.15, -0.1) is 5.10 Å². The molecule has 1 aliphatic rings. The first-order valence-electron chi connectivity index (χ1n) is 8.34. The molecule has 1 amide bonds. The van der Waals surface area contributed by atoms with Crippen molar-refractivity contribution in [3.8, 4) is 17.2 Å². The molecule has 3 aromatic rings. The molecule has 2 aromatic carbocycles. The molecule has 0 fully saturated rings. The zero-order valence-electron chi connectivity index (χ0n) is 14.5. The van der Waals surface area contributed by atoms with Gasteiger partial charge in [-0.1, -0.05) is 25.1 Å². The summed E-state index contributed by atoms with van der Waals surface area (Å²) in [4.78, 5) is 12.5. The van der Waals surface area contributed by atoms with Gasteiger partial charge in [0, 0.05) is 11.3 Å². The van der Waals surface area contributed by atoms with Crippen LogP contribution in [0.15, 0.2) is 48.7 Å². The van der Waals surface area contributed by atoms with E-state index in [4.69, 9.17) is 9.47 Å². The molecule has 1 N–H and O–H groups in total. The predicted octanol–water partition coefficient (Wildman–Crippen LogP) is 3.37. The topological polar surface area (TPSA) is 78.3 Å². The Kier molecular flexibility index (Phi) is 4.04. The van der Waals surface area contributed by atoms with Crippen LogP contribution in [-0.2, 0) is 0 Å². The van der Waals surface area contributed by atoms with Gasteiger partial charge in [-0.3, -0.25) is 4.79 Å². The van der Waals surface area contributed by atoms with Crippen LogP contribution >= 0.6 is 0 Å². The highest BCUT2D eigenvalue weighted by Crippen LogP contribution is 2.32. The Morgan fingerprint density at radius 3 is 2.85 bits per heavy atom. The second kappa shape index (κ2) is 6.51. The standard InChI is InChI=1S/C19H18N4O3/c1-12(2)16-10-20-22-23(16)15-5-3-4-14(9-15)21-19(24)13-6-7-17-18(8-13)26-11-25-17/h3-10,12H,11H2,1-2H3,(H,21,24). The molecule has 0 bridgehead atoms. The van der Waals surface area contributed by atoms with Crippen molar-refractivity contribution in [2.24, 2.45) is 0 Å². The van der Waals surface area contributed by atoms with Gasteiger partial charge in [0.15, 0.2) is 11.5 Å². The van der Waals surface area contributed by atoms with Gasteiger partial charge in [0.05, 0.1) is 17.6 Å². The Balaban J connectivity index is 1.57. The zero-order chi connectivity index (χ0) is 18.1. The number of nitrogens with one attached hydrogen (secondary N) is 1. The van der Waals surface area contributed by atoms with E-state index in [2.05, 4.69) is 29.5 Å². The van der Waals surface area contributed by atoms with Gasteiger partial charge in [-0.25, -0.2) is 4.68 Å². The summed E-state index contributed by atoms with van der Waals surface area (Å²) in [7, 11) is 0. The molecule has 0 spiro atoms. The van der Waals surface area contributed by atoms with Crippen LogP contribution in [0.2, 0.25) is 0 Å². The first-order chi connectivity index (χ1) is 12.6. The molecule has 0 aliphatic carbocycles. The molecule has 4 rings (SSSR count). The number of hydrogen-bond acceptors (Lipinski definition) is 5. The number of fused-ring (bicyclic) bond motifs is 1. The highest BCUT2D eigenvalue weighted by Gasteiger charge is 2.16. The molecule has 0 saturated heterocycles. The van der Waals surface area contributed by atoms with Crippen molar-refractivity contribution in [3.63, 3.8) is 0 Å². The van der Waals surface area contributed by atoms with Crippen LogP contribution < -0.4 is 14.8 Å². The summed E-state index contributed by atoms with van der Waals surface area (Å²) in [5.74, 6) is 1.30. The third-order valence-corrected chi connectivity index (χ3v) is 4.15. The summed E-state index contributed by atoms with van der Waals surface area (Å²) < 4.78 is 12.4. The van der Waals surface area contributed by atoms with Crippen LogP contribution in [0.1, 0.15) is 35.8 Å². The molecule has 0 radical (unpaired) electrons. The fraction of sp³-hybridized carbons (Fsp3) is 0.211. The number of carbonyl (C=O) groups is 1. The van der Waals surface area contributed by atoms with Gasteiger partial charge in [0.2, 0.25) is 6.79 Å². The van der Waals surface area contributed by atoms with E-state index in [9.17, 15) is 4.79 Å². The van der Waals surface area contributed by atoms with E-state index in [-0.39, 0.29) is 18.6 Å². The molecule has 0 saturated carbocycles. The van der Waals surface area contributed by atoms with E-state index in [1.165, 1.54) is 0 Å². The number of nitrogens with zero attached hydrogens (tertiary/aromatic N) is 3. The number of ether oxygens (including phenoxy) is 2. The van der Waals surface area contributed by atoms with E-state index in [1.807, 2.05) is 24.3 Å². The fourth-order valence-electron chi connectivity index (χ4n) is 2.79. The van der Waals surface area contributed by atoms with Gasteiger partial charge in [-0.05, 0) is 42.3 Å². The van der Waals surface area contributed by atoms with E-state index < -0.39 is 0 Å². The molecule has 7 nitrogen and oxygen atoms in total. The third kappa shape index (κ3) is 2.99. The number of rotatable bonds is 4. The minimum Gasteiger partial charge on any atom is -0.454 e. The van der Waals surface area contributed by atoms with E-state index in [1.54, 1.807) is 29.1 Å². The second-order valence-corrected chi connectivity index (χ2v) is 6.30. The molecule has 1 aromatic heterocycles. The largest absolute Gasteiger partial charge is 0.454 e. The van der Waals surface area contributed by atoms with E-state index in [0.717, 1.165) is 11.4 Å². The molecule has 7 heteroatoms. The lowest BCUT2D eigenvalue weighted by molar-refractivity contribution is 0.102. The first kappa shape index (κ1) is 16.1. The smallest absolute Gasteiger partial charge is 0.255 e. The Morgan fingerprint density at radius 2 is 2.00 bits per heavy atom. The molecule has 1 aliphatic heterocycles. The molecule has 0 atom stereocenters. The highest BCUT2D eigenvalue weighted by atomic mass is 16.7. The van der Waals surface area contributed by atoms with Crippen LogP contribution in [0.4, 0.5) is 5.69 Å². The Labute approximate surface area is 150 Å². The van der Waals surface area contributed by atoms with Gasteiger partial charge in [-0.2, -0.15) is 0 Å². The summed E-state index contributed by atoms with van der Waals surface area (Å²) in [6.45, 7) is 4.35. The third-order valence-electron chi connectivity index (χ3n) is 4.15. The van der Waals surface area contributed by atoms with Crippen LogP contribution in [0.25, 0.3) is 5.69 Å². The van der Waals surface area contributed by atoms with Gasteiger partial charge >= 0.3 is 0 Å². The molecule has 132 valence electrons. The predicted molar refractivity (Wildman–Crippen MR) is 96.0 cm³/mol.